The lowest BCUT2D eigenvalue weighted by molar-refractivity contribution is -0.148. The van der Waals surface area contributed by atoms with Crippen molar-refractivity contribution in [2.45, 2.75) is 105 Å². The summed E-state index contributed by atoms with van der Waals surface area (Å²) < 4.78 is 5.21. The van der Waals surface area contributed by atoms with Gasteiger partial charge in [-0.1, -0.05) is 40.2 Å². The van der Waals surface area contributed by atoms with E-state index in [1.165, 1.54) is 19.8 Å². The Labute approximate surface area is 156 Å². The van der Waals surface area contributed by atoms with E-state index in [9.17, 15) is 9.90 Å². The SMILES string of the molecule is C=CC(C)CCCC(C)(C)O.CC(=O)OC1CCC(C(C)(C)C)CC1. The number of aliphatic hydroxyl groups is 1. The Hall–Kier alpha value is -0.830. The van der Waals surface area contributed by atoms with Crippen molar-refractivity contribution in [2.75, 3.05) is 0 Å². The predicted molar refractivity (Wildman–Crippen MR) is 106 cm³/mol. The summed E-state index contributed by atoms with van der Waals surface area (Å²) in [6.45, 7) is 18.0. The summed E-state index contributed by atoms with van der Waals surface area (Å²) in [6.07, 6.45) is 9.72. The Morgan fingerprint density at radius 1 is 1.20 bits per heavy atom. The highest BCUT2D eigenvalue weighted by molar-refractivity contribution is 5.66. The quantitative estimate of drug-likeness (QED) is 0.477. The van der Waals surface area contributed by atoms with Gasteiger partial charge in [-0.3, -0.25) is 4.79 Å². The zero-order valence-corrected chi connectivity index (χ0v) is 17.7. The van der Waals surface area contributed by atoms with Crippen LogP contribution in [0, 0.1) is 17.3 Å². The van der Waals surface area contributed by atoms with Crippen molar-refractivity contribution in [3.63, 3.8) is 0 Å². The van der Waals surface area contributed by atoms with Crippen molar-refractivity contribution in [3.05, 3.63) is 12.7 Å². The second-order valence-electron chi connectivity index (χ2n) is 9.37. The topological polar surface area (TPSA) is 46.5 Å². The average molecular weight is 355 g/mol. The molecule has 0 aromatic carbocycles. The zero-order chi connectivity index (χ0) is 19.7. The van der Waals surface area contributed by atoms with E-state index >= 15 is 0 Å². The molecule has 1 rings (SSSR count). The van der Waals surface area contributed by atoms with Crippen molar-refractivity contribution >= 4 is 5.97 Å². The van der Waals surface area contributed by atoms with Crippen molar-refractivity contribution in [1.29, 1.82) is 0 Å². The lowest BCUT2D eigenvalue weighted by Crippen LogP contribution is -2.29. The van der Waals surface area contributed by atoms with Gasteiger partial charge < -0.3 is 9.84 Å². The fourth-order valence-corrected chi connectivity index (χ4v) is 3.26. The second-order valence-corrected chi connectivity index (χ2v) is 9.37. The first-order valence-corrected chi connectivity index (χ1v) is 9.87. The number of hydrogen-bond donors (Lipinski definition) is 1. The van der Waals surface area contributed by atoms with E-state index < -0.39 is 5.60 Å². The Balaban J connectivity index is 0.000000477. The van der Waals surface area contributed by atoms with Gasteiger partial charge in [0.05, 0.1) is 5.60 Å². The zero-order valence-electron chi connectivity index (χ0n) is 17.7. The molecule has 1 unspecified atom stereocenters. The summed E-state index contributed by atoms with van der Waals surface area (Å²) in [5.41, 5.74) is -0.0952. The molecular weight excluding hydrogens is 312 g/mol. The maximum absolute atomic E-state index is 10.8. The summed E-state index contributed by atoms with van der Waals surface area (Å²) >= 11 is 0. The van der Waals surface area contributed by atoms with Gasteiger partial charge >= 0.3 is 5.97 Å². The minimum atomic E-state index is -0.499. The van der Waals surface area contributed by atoms with Crippen LogP contribution in [0.15, 0.2) is 12.7 Å². The van der Waals surface area contributed by atoms with Gasteiger partial charge in [0.1, 0.15) is 6.10 Å². The molecule has 1 saturated carbocycles. The normalized spacial score (nSPS) is 22.4. The Bertz CT molecular complexity index is 379. The molecule has 25 heavy (non-hydrogen) atoms. The van der Waals surface area contributed by atoms with Crippen LogP contribution < -0.4 is 0 Å². The van der Waals surface area contributed by atoms with E-state index in [1.807, 2.05) is 19.9 Å². The number of rotatable bonds is 6. The fraction of sp³-hybridized carbons (Fsp3) is 0.864. The summed E-state index contributed by atoms with van der Waals surface area (Å²) in [5.74, 6) is 1.23. The Morgan fingerprint density at radius 3 is 2.08 bits per heavy atom. The maximum atomic E-state index is 10.8. The van der Waals surface area contributed by atoms with Gasteiger partial charge in [-0.15, -0.1) is 6.58 Å². The highest BCUT2D eigenvalue weighted by atomic mass is 16.5. The van der Waals surface area contributed by atoms with Crippen LogP contribution in [0.2, 0.25) is 0 Å². The summed E-state index contributed by atoms with van der Waals surface area (Å²) in [5, 5.41) is 9.38. The minimum absolute atomic E-state index is 0.135. The van der Waals surface area contributed by atoms with Gasteiger partial charge in [0, 0.05) is 6.92 Å². The number of hydrogen-bond acceptors (Lipinski definition) is 3. The maximum Gasteiger partial charge on any atom is 0.302 e. The van der Waals surface area contributed by atoms with Crippen LogP contribution in [0.1, 0.15) is 93.4 Å². The number of carbonyl (C=O) groups excluding carboxylic acids is 1. The van der Waals surface area contributed by atoms with Crippen LogP contribution in [0.5, 0.6) is 0 Å². The van der Waals surface area contributed by atoms with E-state index in [0.29, 0.717) is 11.3 Å². The molecule has 0 saturated heterocycles. The van der Waals surface area contributed by atoms with Crippen LogP contribution in [-0.4, -0.2) is 22.8 Å². The Morgan fingerprint density at radius 2 is 1.72 bits per heavy atom. The molecule has 3 nitrogen and oxygen atoms in total. The molecule has 3 heteroatoms. The molecule has 1 N–H and O–H groups in total. The van der Waals surface area contributed by atoms with Crippen LogP contribution in [0.3, 0.4) is 0 Å². The smallest absolute Gasteiger partial charge is 0.302 e. The van der Waals surface area contributed by atoms with Crippen molar-refractivity contribution in [2.24, 2.45) is 17.3 Å². The van der Waals surface area contributed by atoms with E-state index in [-0.39, 0.29) is 12.1 Å². The fourth-order valence-electron chi connectivity index (χ4n) is 3.26. The first kappa shape index (κ1) is 24.2. The van der Waals surface area contributed by atoms with Crippen molar-refractivity contribution < 1.29 is 14.6 Å². The molecule has 0 aromatic heterocycles. The molecular formula is C22H42O3. The summed E-state index contributed by atoms with van der Waals surface area (Å²) in [6, 6.07) is 0. The van der Waals surface area contributed by atoms with Gasteiger partial charge in [-0.05, 0) is 69.6 Å². The van der Waals surface area contributed by atoms with Crippen molar-refractivity contribution in [1.82, 2.24) is 0 Å². The number of carbonyl (C=O) groups is 1. The monoisotopic (exact) mass is 354 g/mol. The molecule has 0 aromatic rings. The molecule has 0 heterocycles. The molecule has 0 aliphatic heterocycles. The van der Waals surface area contributed by atoms with Crippen molar-refractivity contribution in [3.8, 4) is 0 Å². The third-order valence-electron chi connectivity index (χ3n) is 5.08. The number of esters is 1. The third-order valence-corrected chi connectivity index (χ3v) is 5.08. The van der Waals surface area contributed by atoms with Crippen LogP contribution in [0.25, 0.3) is 0 Å². The molecule has 1 aliphatic rings. The number of allylic oxidation sites excluding steroid dienone is 1. The van der Waals surface area contributed by atoms with Crippen LogP contribution in [-0.2, 0) is 9.53 Å². The van der Waals surface area contributed by atoms with E-state index in [0.717, 1.165) is 38.0 Å². The first-order valence-electron chi connectivity index (χ1n) is 9.87. The molecule has 1 fully saturated rings. The molecule has 1 aliphatic carbocycles. The summed E-state index contributed by atoms with van der Waals surface area (Å²) in [7, 11) is 0. The van der Waals surface area contributed by atoms with E-state index in [4.69, 9.17) is 4.74 Å². The molecule has 0 amide bonds. The standard InChI is InChI=1S/C12H22O2.C10H20O/c1-9(13)14-11-7-5-10(6-8-11)12(2,3)4;1-5-9(2)7-6-8-10(3,4)11/h10-11H,5-8H2,1-4H3;5,9,11H,1,6-8H2,2-4H3. The number of ether oxygens (including phenoxy) is 1. The third kappa shape index (κ3) is 13.1. The van der Waals surface area contributed by atoms with Gasteiger partial charge in [0.25, 0.3) is 0 Å². The van der Waals surface area contributed by atoms with Crippen LogP contribution >= 0.6 is 0 Å². The molecule has 0 radical (unpaired) electrons. The molecule has 148 valence electrons. The molecule has 0 bridgehead atoms. The summed E-state index contributed by atoms with van der Waals surface area (Å²) in [4.78, 5) is 10.8. The van der Waals surface area contributed by atoms with Gasteiger partial charge in [0.2, 0.25) is 0 Å². The second kappa shape index (κ2) is 11.0. The molecule has 0 spiro atoms. The lowest BCUT2D eigenvalue weighted by atomic mass is 9.72. The lowest BCUT2D eigenvalue weighted by Gasteiger charge is -2.36. The van der Waals surface area contributed by atoms with Crippen LogP contribution in [0.4, 0.5) is 0 Å². The van der Waals surface area contributed by atoms with E-state index in [2.05, 4.69) is 34.3 Å². The largest absolute Gasteiger partial charge is 0.463 e. The average Bonchev–Trinajstić information content (AvgIpc) is 2.45. The van der Waals surface area contributed by atoms with Gasteiger partial charge in [0.15, 0.2) is 0 Å². The highest BCUT2D eigenvalue weighted by Gasteiger charge is 2.30. The Kier molecular flexibility index (Phi) is 10.6. The van der Waals surface area contributed by atoms with Gasteiger partial charge in [-0.2, -0.15) is 0 Å². The first-order chi connectivity index (χ1) is 11.3. The minimum Gasteiger partial charge on any atom is -0.463 e. The van der Waals surface area contributed by atoms with E-state index in [1.54, 1.807) is 0 Å². The van der Waals surface area contributed by atoms with Gasteiger partial charge in [-0.25, -0.2) is 0 Å². The predicted octanol–water partition coefficient (Wildman–Crippen LogP) is 5.90. The molecule has 1 atom stereocenters. The highest BCUT2D eigenvalue weighted by Crippen LogP contribution is 2.38.